The molecule has 1 atom stereocenters. The van der Waals surface area contributed by atoms with Crippen LogP contribution in [0, 0.1) is 0 Å². The minimum atomic E-state index is -2.51. The van der Waals surface area contributed by atoms with E-state index in [-0.39, 0.29) is 41.5 Å². The molecule has 1 aromatic carbocycles. The average molecular weight is 297 g/mol. The second-order valence-electron chi connectivity index (χ2n) is 4.87. The van der Waals surface area contributed by atoms with Crippen LogP contribution in [0.5, 0.6) is 0 Å². The summed E-state index contributed by atoms with van der Waals surface area (Å²) in [5.74, 6) is 0. The number of hydrogen-bond donors (Lipinski definition) is 2. The molecule has 21 heavy (non-hydrogen) atoms. The van der Waals surface area contributed by atoms with Crippen LogP contribution >= 0.6 is 0 Å². The minimum Gasteiger partial charge on any atom is -0.447 e. The van der Waals surface area contributed by atoms with Crippen molar-refractivity contribution in [1.82, 2.24) is 15.2 Å². The second-order valence-corrected chi connectivity index (χ2v) is 4.87. The molecule has 3 rings (SSSR count). The number of aromatic nitrogens is 1. The number of hydrogen-bond acceptors (Lipinski definition) is 3. The molecule has 0 aliphatic carbocycles. The number of aromatic amines is 1. The molecule has 0 saturated carbocycles. The lowest BCUT2D eigenvalue weighted by atomic mass is 10.0. The third-order valence-electron chi connectivity index (χ3n) is 3.17. The molecule has 5 nitrogen and oxygen atoms in total. The summed E-state index contributed by atoms with van der Waals surface area (Å²) in [6.07, 6.45) is -0.0730. The molecule has 0 unspecified atom stereocenters. The molecular weight excluding hydrogens is 266 g/mol. The Morgan fingerprint density at radius 1 is 1.67 bits per heavy atom. The topological polar surface area (TPSA) is 57.4 Å². The molecule has 0 radical (unpaired) electrons. The number of nitrogens with one attached hydrogen (secondary N) is 2. The number of amides is 1. The predicted octanol–water partition coefficient (Wildman–Crippen LogP) is 1.92. The summed E-state index contributed by atoms with van der Waals surface area (Å²) in [4.78, 5) is 13.6. The van der Waals surface area contributed by atoms with Gasteiger partial charge in [-0.25, -0.2) is 4.79 Å². The number of carbonyl (C=O) groups excluding carboxylic acids is 1. The number of rotatable bonds is 5. The average Bonchev–Trinajstić information content (AvgIpc) is 3.07. The van der Waals surface area contributed by atoms with E-state index in [0.29, 0.717) is 10.9 Å². The van der Waals surface area contributed by atoms with Gasteiger partial charge in [0, 0.05) is 27.8 Å². The molecule has 1 saturated heterocycles. The third-order valence-corrected chi connectivity index (χ3v) is 3.17. The minimum absolute atomic E-state index is 0.00905. The van der Waals surface area contributed by atoms with Crippen LogP contribution in [0.4, 0.5) is 4.79 Å². The third kappa shape index (κ3) is 3.19. The lowest BCUT2D eigenvalue weighted by Gasteiger charge is -2.09. The first kappa shape index (κ1) is 6.40. The summed E-state index contributed by atoms with van der Waals surface area (Å²) < 4.78 is 83.5. The van der Waals surface area contributed by atoms with Gasteiger partial charge in [-0.1, -0.05) is 6.04 Å². The highest BCUT2D eigenvalue weighted by Gasteiger charge is 2.22. The van der Waals surface area contributed by atoms with Crippen LogP contribution in [0.2, 0.25) is 2.82 Å². The largest absolute Gasteiger partial charge is 0.447 e. The number of carbonyl (C=O) groups is 1. The quantitative estimate of drug-likeness (QED) is 0.886. The van der Waals surface area contributed by atoms with E-state index in [1.165, 1.54) is 13.2 Å². The van der Waals surface area contributed by atoms with Crippen molar-refractivity contribution in [1.29, 1.82) is 0 Å². The zero-order valence-electron chi connectivity index (χ0n) is 21.4. The van der Waals surface area contributed by atoms with E-state index in [0.717, 1.165) is 9.88 Å². The highest BCUT2D eigenvalue weighted by atomic mass is 16.6. The first-order valence-electron chi connectivity index (χ1n) is 11.4. The van der Waals surface area contributed by atoms with Gasteiger partial charge in [0.05, 0.1) is 12.9 Å². The number of fused-ring (bicyclic) bond motifs is 1. The normalized spacial score (nSPS) is 28.6. The van der Waals surface area contributed by atoms with Gasteiger partial charge in [0.15, 0.2) is 2.82 Å². The maximum atomic E-state index is 11.6. The molecule has 112 valence electrons. The van der Waals surface area contributed by atoms with Crippen LogP contribution in [-0.2, 0) is 17.6 Å². The van der Waals surface area contributed by atoms with Crippen molar-refractivity contribution in [3.8, 4) is 0 Å². The zero-order chi connectivity index (χ0) is 23.5. The monoisotopic (exact) mass is 297 g/mol. The Morgan fingerprint density at radius 3 is 3.33 bits per heavy atom. The molecule has 0 bridgehead atoms. The summed E-state index contributed by atoms with van der Waals surface area (Å²) in [7, 11) is 1.42. The molecule has 5 heteroatoms. The summed E-state index contributed by atoms with van der Waals surface area (Å²) in [5.41, 5.74) is 0.388. The molecule has 2 aromatic rings. The van der Waals surface area contributed by atoms with E-state index in [4.69, 9.17) is 13.8 Å². The van der Waals surface area contributed by atoms with Crippen LogP contribution in [-0.4, -0.2) is 49.1 Å². The van der Waals surface area contributed by atoms with Gasteiger partial charge in [-0.05, 0) is 50.1 Å². The molecular formula is C16H21N3O2. The van der Waals surface area contributed by atoms with Gasteiger partial charge >= 0.3 is 6.09 Å². The van der Waals surface area contributed by atoms with Crippen molar-refractivity contribution in [2.45, 2.75) is 18.9 Å². The van der Waals surface area contributed by atoms with Gasteiger partial charge in [0.1, 0.15) is 6.56 Å². The SMILES string of the molecule is [2H]c1c(C[C@@H]2N([2H])C(=O)OC2([2H])[2H])c([2H])c2c(CCN(C)C([2H])([2H])[2H])cn([2H])c2c1[2H]. The van der Waals surface area contributed by atoms with E-state index in [1.54, 1.807) is 0 Å². The molecule has 1 aliphatic heterocycles. The molecule has 2 N–H and O–H groups in total. The molecule has 0 spiro atoms. The fourth-order valence-corrected chi connectivity index (χ4v) is 2.13. The van der Waals surface area contributed by atoms with E-state index in [1.807, 2.05) is 0 Å². The molecule has 1 aromatic heterocycles. The number of nitrogens with zero attached hydrogens (tertiary/aromatic N) is 1. The smallest absolute Gasteiger partial charge is 0.407 e. The lowest BCUT2D eigenvalue weighted by molar-refractivity contribution is 0.177. The second kappa shape index (κ2) is 5.77. The van der Waals surface area contributed by atoms with Crippen LogP contribution in [0.25, 0.3) is 10.9 Å². The summed E-state index contributed by atoms with van der Waals surface area (Å²) in [5, 5.41) is 0.501. The van der Waals surface area contributed by atoms with Crippen molar-refractivity contribution in [3.05, 3.63) is 35.5 Å². The van der Waals surface area contributed by atoms with Crippen LogP contribution in [0.15, 0.2) is 24.3 Å². The summed E-state index contributed by atoms with van der Waals surface area (Å²) in [6.45, 7) is -4.74. The van der Waals surface area contributed by atoms with E-state index >= 15 is 0 Å². The van der Waals surface area contributed by atoms with Crippen molar-refractivity contribution >= 4 is 17.0 Å². The van der Waals surface area contributed by atoms with Crippen molar-refractivity contribution < 1.29 is 23.3 Å². The first-order valence-corrected chi connectivity index (χ1v) is 6.51. The molecule has 1 amide bonds. The van der Waals surface area contributed by atoms with E-state index in [9.17, 15) is 4.79 Å². The maximum absolute atomic E-state index is 11.6. The molecule has 2 heterocycles. The maximum Gasteiger partial charge on any atom is 0.407 e. The van der Waals surface area contributed by atoms with Crippen LogP contribution in [0.3, 0.4) is 0 Å². The van der Waals surface area contributed by atoms with Gasteiger partial charge in [0.2, 0.25) is 0 Å². The first-order chi connectivity index (χ1) is 14.2. The van der Waals surface area contributed by atoms with Gasteiger partial charge in [-0.15, -0.1) is 0 Å². The Kier molecular flexibility index (Phi) is 1.76. The van der Waals surface area contributed by atoms with Gasteiger partial charge in [-0.2, -0.15) is 0 Å². The summed E-state index contributed by atoms with van der Waals surface area (Å²) in [6, 6.07) is -2.40. The Bertz CT molecular complexity index is 1040. The van der Waals surface area contributed by atoms with Crippen LogP contribution < -0.4 is 5.31 Å². The highest BCUT2D eigenvalue weighted by molar-refractivity contribution is 5.84. The van der Waals surface area contributed by atoms with Gasteiger partial charge in [-0.3, -0.25) is 0 Å². The standard InChI is InChI=1S/C16H21N3O2/c1-19(2)6-5-12-9-17-15-4-3-11(8-14(12)15)7-13-10-21-16(20)18-13/h3-4,8-9,13,17H,5-7,10H2,1-2H3,(H,18,20)/t13-/m0/s1/i1D3,3D,4D,8D,10D2/hD2. The van der Waals surface area contributed by atoms with E-state index in [2.05, 4.69) is 4.74 Å². The Balaban J connectivity index is 2.07. The number of cyclic esters (lactones) is 1. The fraction of sp³-hybridized carbons (Fsp3) is 0.438. The van der Waals surface area contributed by atoms with Crippen molar-refractivity contribution in [3.63, 3.8) is 0 Å². The highest BCUT2D eigenvalue weighted by Crippen LogP contribution is 2.21. The number of likely N-dealkylation sites (N-methyl/N-ethyl adjacent to an activating group) is 1. The van der Waals surface area contributed by atoms with Crippen LogP contribution in [0.1, 0.15) is 22.1 Å². The van der Waals surface area contributed by atoms with Crippen molar-refractivity contribution in [2.75, 3.05) is 27.1 Å². The Labute approximate surface area is 138 Å². The van der Waals surface area contributed by atoms with Gasteiger partial charge < -0.3 is 19.9 Å². The summed E-state index contributed by atoms with van der Waals surface area (Å²) >= 11 is 0. The fourth-order valence-electron chi connectivity index (χ4n) is 2.13. The van der Waals surface area contributed by atoms with E-state index < -0.39 is 38.1 Å². The zero-order valence-corrected chi connectivity index (χ0v) is 11.4. The van der Waals surface area contributed by atoms with Crippen molar-refractivity contribution in [2.24, 2.45) is 0 Å². The Morgan fingerprint density at radius 2 is 2.57 bits per heavy atom. The Hall–Kier alpha value is -2.01. The lowest BCUT2D eigenvalue weighted by Crippen LogP contribution is -2.28. The molecule has 1 fully saturated rings. The number of H-pyrrole nitrogens is 1. The number of benzene rings is 1. The molecule has 1 aliphatic rings. The predicted molar refractivity (Wildman–Crippen MR) is 82.5 cm³/mol. The number of ether oxygens (including phenoxy) is 1. The van der Waals surface area contributed by atoms with Gasteiger partial charge in [0.25, 0.3) is 0 Å². The number of alkyl carbamates (subject to hydrolysis) is 1.